The van der Waals surface area contributed by atoms with Crippen molar-refractivity contribution in [3.05, 3.63) is 65.5 Å². The van der Waals surface area contributed by atoms with Crippen LogP contribution in [0.3, 0.4) is 0 Å². The van der Waals surface area contributed by atoms with Gasteiger partial charge in [0.05, 0.1) is 31.5 Å². The minimum Gasteiger partial charge on any atom is -0.394 e. The van der Waals surface area contributed by atoms with Crippen LogP contribution in [0.15, 0.2) is 48.7 Å². The van der Waals surface area contributed by atoms with Gasteiger partial charge in [-0.1, -0.05) is 50.8 Å². The van der Waals surface area contributed by atoms with Crippen LogP contribution in [0.4, 0.5) is 0 Å². The monoisotopic (exact) mass is 560 g/mol. The number of rotatable bonds is 9. The van der Waals surface area contributed by atoms with E-state index in [2.05, 4.69) is 48.2 Å². The predicted octanol–water partition coefficient (Wildman–Crippen LogP) is 2.88. The summed E-state index contributed by atoms with van der Waals surface area (Å²) in [6.45, 7) is 9.86. The lowest BCUT2D eigenvalue weighted by Gasteiger charge is -2.62. The second-order valence-corrected chi connectivity index (χ2v) is 12.7. The molecule has 1 amide bonds. The normalized spacial score (nSPS) is 31.0. The highest BCUT2D eigenvalue weighted by Crippen LogP contribution is 2.61. The summed E-state index contributed by atoms with van der Waals surface area (Å²) in [5, 5.41) is 29.0. The van der Waals surface area contributed by atoms with Gasteiger partial charge in [0.25, 0.3) is 0 Å². The highest BCUT2D eigenvalue weighted by Gasteiger charge is 2.57. The van der Waals surface area contributed by atoms with Crippen LogP contribution in [0, 0.1) is 40.9 Å². The second-order valence-electron chi connectivity index (χ2n) is 12.7. The molecule has 3 aliphatic carbocycles. The molecule has 220 valence electrons. The van der Waals surface area contributed by atoms with Crippen LogP contribution in [-0.2, 0) is 22.7 Å². The van der Waals surface area contributed by atoms with Gasteiger partial charge in [0.2, 0.25) is 5.91 Å². The Bertz CT molecular complexity index is 1260. The third kappa shape index (κ3) is 6.35. The van der Waals surface area contributed by atoms with Gasteiger partial charge in [0.15, 0.2) is 0 Å². The molecule has 1 aromatic heterocycles. The van der Waals surface area contributed by atoms with E-state index in [9.17, 15) is 15.0 Å². The van der Waals surface area contributed by atoms with Crippen molar-refractivity contribution in [1.82, 2.24) is 20.7 Å². The number of hydrogen-bond donors (Lipinski definition) is 4. The van der Waals surface area contributed by atoms with Crippen LogP contribution >= 0.6 is 0 Å². The summed E-state index contributed by atoms with van der Waals surface area (Å²) in [5.41, 5.74) is 3.10. The maximum Gasteiger partial charge on any atom is 0.240 e. The number of hydroxylamine groups is 2. The predicted molar refractivity (Wildman–Crippen MR) is 157 cm³/mol. The minimum absolute atomic E-state index is 0.105. The Morgan fingerprint density at radius 1 is 1.24 bits per heavy atom. The zero-order valence-corrected chi connectivity index (χ0v) is 24.6. The zero-order valence-electron chi connectivity index (χ0n) is 24.6. The van der Waals surface area contributed by atoms with E-state index in [0.717, 1.165) is 23.2 Å². The van der Waals surface area contributed by atoms with Gasteiger partial charge in [-0.05, 0) is 72.8 Å². The largest absolute Gasteiger partial charge is 0.394 e. The summed E-state index contributed by atoms with van der Waals surface area (Å²) in [6.07, 6.45) is 2.51. The Labute approximate surface area is 243 Å². The van der Waals surface area contributed by atoms with E-state index >= 15 is 0 Å². The number of hydrogen-bond acceptors (Lipinski definition) is 7. The molecule has 4 aliphatic rings. The van der Waals surface area contributed by atoms with Gasteiger partial charge in [-0.3, -0.25) is 14.6 Å². The zero-order chi connectivity index (χ0) is 29.1. The molecule has 0 spiro atoms. The standard InChI is InChI=1S/C33H44N4O4/c1-21-27-16-25(33(27,3)4)17-28(21)36-32(40)31-30(22(2)39)29(20-38)41-37(31)19-24-10-7-9-23(15-24)11-8-13-34-18-26-12-5-6-14-35-26/h5-7,9-10,12,14-15,21-22,25,27-31,34,38-39H,13,16-20H2,1-4H3,(H,36,40)/t21-,22-,25?,27?,28-,29-,30+,31-/m0/s1. The van der Waals surface area contributed by atoms with Crippen LogP contribution in [-0.4, -0.2) is 63.6 Å². The van der Waals surface area contributed by atoms with E-state index in [0.29, 0.717) is 42.8 Å². The first-order valence-corrected chi connectivity index (χ1v) is 14.9. The van der Waals surface area contributed by atoms with E-state index in [1.54, 1.807) is 18.2 Å². The Kier molecular flexibility index (Phi) is 9.12. The first-order valence-electron chi connectivity index (χ1n) is 14.9. The molecular weight excluding hydrogens is 516 g/mol. The summed E-state index contributed by atoms with van der Waals surface area (Å²) in [6, 6.07) is 13.1. The number of aliphatic hydroxyl groups is 2. The SMILES string of the molecule is C[C@H](O)[C@@H]1[C@H](CO)ON(Cc2cccc(C#CCNCc3ccccn3)c2)[C@@H]1C(=O)N[C@H]1CC2CC([C@@H]1C)C2(C)C. The molecule has 2 heterocycles. The average molecular weight is 561 g/mol. The Hall–Kier alpha value is -2.80. The van der Waals surface area contributed by atoms with Gasteiger partial charge >= 0.3 is 0 Å². The number of aromatic nitrogens is 1. The first-order chi connectivity index (χ1) is 19.7. The van der Waals surface area contributed by atoms with E-state index in [-0.39, 0.29) is 18.6 Å². The molecule has 1 aromatic carbocycles. The summed E-state index contributed by atoms with van der Waals surface area (Å²) < 4.78 is 0. The molecule has 2 bridgehead atoms. The third-order valence-electron chi connectivity index (χ3n) is 9.81. The fourth-order valence-electron chi connectivity index (χ4n) is 7.31. The number of fused-ring (bicyclic) bond motifs is 2. The molecule has 0 radical (unpaired) electrons. The van der Waals surface area contributed by atoms with Gasteiger partial charge < -0.3 is 20.8 Å². The molecule has 41 heavy (non-hydrogen) atoms. The average Bonchev–Trinajstić information content (AvgIpc) is 3.33. The Morgan fingerprint density at radius 3 is 2.76 bits per heavy atom. The van der Waals surface area contributed by atoms with Crippen LogP contribution in [0.5, 0.6) is 0 Å². The maximum absolute atomic E-state index is 13.8. The number of nitrogens with one attached hydrogen (secondary N) is 2. The Balaban J connectivity index is 1.25. The quantitative estimate of drug-likeness (QED) is 0.276. The van der Waals surface area contributed by atoms with Crippen molar-refractivity contribution in [1.29, 1.82) is 0 Å². The molecule has 8 heteroatoms. The molecule has 8 atom stereocenters. The lowest BCUT2D eigenvalue weighted by molar-refractivity contribution is -0.183. The van der Waals surface area contributed by atoms with Crippen molar-refractivity contribution in [2.45, 2.75) is 77.9 Å². The number of benzene rings is 1. The topological polar surface area (TPSA) is 107 Å². The van der Waals surface area contributed by atoms with Crippen molar-refractivity contribution >= 4 is 5.91 Å². The fourth-order valence-corrected chi connectivity index (χ4v) is 7.31. The molecule has 1 aliphatic heterocycles. The number of aliphatic hydroxyl groups excluding tert-OH is 2. The summed E-state index contributed by atoms with van der Waals surface area (Å²) in [4.78, 5) is 24.2. The van der Waals surface area contributed by atoms with Crippen LogP contribution < -0.4 is 10.6 Å². The number of amides is 1. The smallest absolute Gasteiger partial charge is 0.240 e. The maximum atomic E-state index is 13.8. The van der Waals surface area contributed by atoms with Crippen molar-refractivity contribution in [2.75, 3.05) is 13.2 Å². The second kappa shape index (κ2) is 12.6. The lowest BCUT2D eigenvalue weighted by Crippen LogP contribution is -2.62. The van der Waals surface area contributed by atoms with E-state index in [4.69, 9.17) is 4.84 Å². The Morgan fingerprint density at radius 2 is 2.07 bits per heavy atom. The van der Waals surface area contributed by atoms with Gasteiger partial charge in [-0.2, -0.15) is 5.06 Å². The molecule has 3 saturated carbocycles. The van der Waals surface area contributed by atoms with Gasteiger partial charge in [0.1, 0.15) is 12.1 Å². The molecule has 2 unspecified atom stereocenters. The van der Waals surface area contributed by atoms with E-state index in [1.165, 1.54) is 6.42 Å². The van der Waals surface area contributed by atoms with Crippen molar-refractivity contribution in [2.24, 2.45) is 29.1 Å². The molecule has 4 N–H and O–H groups in total. The number of carbonyl (C=O) groups excluding carboxylic acids is 1. The minimum atomic E-state index is -0.820. The van der Waals surface area contributed by atoms with Crippen molar-refractivity contribution in [3.63, 3.8) is 0 Å². The van der Waals surface area contributed by atoms with Crippen LogP contribution in [0.2, 0.25) is 0 Å². The van der Waals surface area contributed by atoms with Crippen molar-refractivity contribution < 1.29 is 19.8 Å². The third-order valence-corrected chi connectivity index (χ3v) is 9.81. The van der Waals surface area contributed by atoms with Gasteiger partial charge in [-0.15, -0.1) is 0 Å². The number of pyridine rings is 1. The highest BCUT2D eigenvalue weighted by molar-refractivity contribution is 5.82. The van der Waals surface area contributed by atoms with E-state index in [1.807, 2.05) is 42.5 Å². The van der Waals surface area contributed by atoms with Crippen molar-refractivity contribution in [3.8, 4) is 11.8 Å². The molecule has 1 saturated heterocycles. The van der Waals surface area contributed by atoms with Crippen LogP contribution in [0.1, 0.15) is 57.4 Å². The molecular formula is C33H44N4O4. The number of carbonyl (C=O) groups is 1. The molecule has 8 nitrogen and oxygen atoms in total. The summed E-state index contributed by atoms with van der Waals surface area (Å²) in [5.74, 6) is 7.29. The summed E-state index contributed by atoms with van der Waals surface area (Å²) >= 11 is 0. The fraction of sp³-hybridized carbons (Fsp3) is 0.576. The molecule has 4 fully saturated rings. The highest BCUT2D eigenvalue weighted by atomic mass is 16.7. The van der Waals surface area contributed by atoms with Gasteiger partial charge in [0, 0.05) is 30.3 Å². The lowest BCUT2D eigenvalue weighted by atomic mass is 9.45. The molecule has 6 rings (SSSR count). The number of nitrogens with zero attached hydrogens (tertiary/aromatic N) is 2. The molecule has 2 aromatic rings. The van der Waals surface area contributed by atoms with E-state index < -0.39 is 24.2 Å². The van der Waals surface area contributed by atoms with Gasteiger partial charge in [-0.25, -0.2) is 0 Å². The first kappa shape index (κ1) is 29.7. The summed E-state index contributed by atoms with van der Waals surface area (Å²) in [7, 11) is 0. The van der Waals surface area contributed by atoms with Crippen LogP contribution in [0.25, 0.3) is 0 Å².